The fourth-order valence-corrected chi connectivity index (χ4v) is 1.88. The molecule has 0 aromatic heterocycles. The van der Waals surface area contributed by atoms with E-state index in [0.717, 1.165) is 12.8 Å². The lowest BCUT2D eigenvalue weighted by Gasteiger charge is -2.30. The van der Waals surface area contributed by atoms with Crippen LogP contribution in [0.25, 0.3) is 0 Å². The monoisotopic (exact) mass is 209 g/mol. The van der Waals surface area contributed by atoms with Crippen molar-refractivity contribution in [1.29, 1.82) is 0 Å². The molecule has 84 valence electrons. The minimum atomic E-state index is -0.504. The molecule has 0 N–H and O–H groups in total. The zero-order valence-electron chi connectivity index (χ0n) is 9.75. The highest BCUT2D eigenvalue weighted by Gasteiger charge is 2.53. The smallest absolute Gasteiger partial charge is 0.246 e. The van der Waals surface area contributed by atoms with Gasteiger partial charge in [0.1, 0.15) is 5.54 Å². The van der Waals surface area contributed by atoms with E-state index in [1.54, 1.807) is 11.8 Å². The van der Waals surface area contributed by atoms with E-state index in [1.807, 2.05) is 13.8 Å². The Morgan fingerprint density at radius 1 is 1.47 bits per heavy atom. The van der Waals surface area contributed by atoms with Crippen LogP contribution in [0.2, 0.25) is 0 Å². The molecule has 1 aliphatic rings. The molecule has 0 atom stereocenters. The van der Waals surface area contributed by atoms with E-state index in [4.69, 9.17) is 0 Å². The second kappa shape index (κ2) is 4.17. The van der Waals surface area contributed by atoms with Crippen molar-refractivity contribution in [2.24, 2.45) is 5.92 Å². The van der Waals surface area contributed by atoms with Gasteiger partial charge in [0.15, 0.2) is 5.78 Å². The molecule has 0 aromatic carbocycles. The van der Waals surface area contributed by atoms with Crippen LogP contribution in [0.1, 0.15) is 33.6 Å². The van der Waals surface area contributed by atoms with Crippen molar-refractivity contribution >= 4 is 11.7 Å². The maximum Gasteiger partial charge on any atom is 0.246 e. The summed E-state index contributed by atoms with van der Waals surface area (Å²) in [5.41, 5.74) is -0.504. The van der Waals surface area contributed by atoms with Crippen LogP contribution >= 0.6 is 0 Å². The van der Waals surface area contributed by atoms with Crippen molar-refractivity contribution in [2.45, 2.75) is 39.2 Å². The van der Waals surface area contributed by atoms with Crippen LogP contribution in [0.5, 0.6) is 0 Å². The topological polar surface area (TPSA) is 37.4 Å². The first-order valence-corrected chi connectivity index (χ1v) is 5.39. The van der Waals surface area contributed by atoms with Crippen molar-refractivity contribution in [3.8, 4) is 0 Å². The summed E-state index contributed by atoms with van der Waals surface area (Å²) in [5.74, 6) is 0.334. The first kappa shape index (κ1) is 12.0. The highest BCUT2D eigenvalue weighted by molar-refractivity contribution is 5.97. The van der Waals surface area contributed by atoms with E-state index in [-0.39, 0.29) is 11.7 Å². The van der Waals surface area contributed by atoms with Gasteiger partial charge in [-0.3, -0.25) is 9.59 Å². The van der Waals surface area contributed by atoms with E-state index < -0.39 is 5.54 Å². The molecule has 0 aromatic rings. The minimum Gasteiger partial charge on any atom is -0.326 e. The number of nitrogens with zero attached hydrogens (tertiary/aromatic N) is 1. The number of carbonyl (C=O) groups is 2. The Morgan fingerprint density at radius 2 is 2.00 bits per heavy atom. The number of amides is 1. The lowest BCUT2D eigenvalue weighted by atomic mass is 10.1. The van der Waals surface area contributed by atoms with Crippen LogP contribution in [-0.4, -0.2) is 28.7 Å². The first-order valence-electron chi connectivity index (χ1n) is 5.39. The van der Waals surface area contributed by atoms with Gasteiger partial charge in [0.25, 0.3) is 0 Å². The van der Waals surface area contributed by atoms with Gasteiger partial charge in [-0.1, -0.05) is 20.4 Å². The maximum atomic E-state index is 11.7. The van der Waals surface area contributed by atoms with Gasteiger partial charge >= 0.3 is 0 Å². The summed E-state index contributed by atoms with van der Waals surface area (Å²) in [6, 6.07) is 0. The molecular formula is C12H19NO2. The number of carbonyl (C=O) groups excluding carboxylic acids is 2. The van der Waals surface area contributed by atoms with Crippen molar-refractivity contribution in [1.82, 2.24) is 4.90 Å². The standard InChI is InChI=1S/C12H19NO2/c1-5-11(15)13(8-9(2)3)12(6-7-12)10(4)14/h5,9H,1,6-8H2,2-4H3. The molecule has 0 saturated heterocycles. The molecule has 15 heavy (non-hydrogen) atoms. The molecule has 0 aliphatic heterocycles. The number of hydrogen-bond donors (Lipinski definition) is 0. The lowest BCUT2D eigenvalue weighted by Crippen LogP contribution is -2.47. The Balaban J connectivity index is 2.86. The highest BCUT2D eigenvalue weighted by Crippen LogP contribution is 2.43. The molecule has 1 fully saturated rings. The molecule has 0 bridgehead atoms. The molecule has 0 radical (unpaired) electrons. The van der Waals surface area contributed by atoms with Gasteiger partial charge in [-0.05, 0) is 31.8 Å². The zero-order valence-corrected chi connectivity index (χ0v) is 9.75. The Bertz CT molecular complexity index is 290. The van der Waals surface area contributed by atoms with Crippen LogP contribution < -0.4 is 0 Å². The van der Waals surface area contributed by atoms with Crippen LogP contribution in [-0.2, 0) is 9.59 Å². The predicted octanol–water partition coefficient (Wildman–Crippen LogP) is 1.78. The van der Waals surface area contributed by atoms with Crippen LogP contribution in [0.4, 0.5) is 0 Å². The van der Waals surface area contributed by atoms with Crippen molar-refractivity contribution in [3.63, 3.8) is 0 Å². The van der Waals surface area contributed by atoms with E-state index in [1.165, 1.54) is 6.08 Å². The second-order valence-electron chi connectivity index (χ2n) is 4.63. The number of ketones is 1. The SMILES string of the molecule is C=CC(=O)N(CC(C)C)C1(C(C)=O)CC1. The minimum absolute atomic E-state index is 0.0957. The molecular weight excluding hydrogens is 190 g/mol. The molecule has 1 aliphatic carbocycles. The number of Topliss-reactive ketones (excluding diaryl/α,β-unsaturated/α-hetero) is 1. The van der Waals surface area contributed by atoms with Crippen LogP contribution in [0.3, 0.4) is 0 Å². The summed E-state index contributed by atoms with van der Waals surface area (Å²) in [7, 11) is 0. The fraction of sp³-hybridized carbons (Fsp3) is 0.667. The average molecular weight is 209 g/mol. The Morgan fingerprint density at radius 3 is 2.27 bits per heavy atom. The molecule has 0 unspecified atom stereocenters. The Kier molecular flexibility index (Phi) is 3.32. The third kappa shape index (κ3) is 2.28. The van der Waals surface area contributed by atoms with Gasteiger partial charge in [-0.2, -0.15) is 0 Å². The molecule has 3 heteroatoms. The quantitative estimate of drug-likeness (QED) is 0.647. The van der Waals surface area contributed by atoms with Crippen LogP contribution in [0.15, 0.2) is 12.7 Å². The normalized spacial score (nSPS) is 17.3. The van der Waals surface area contributed by atoms with E-state index in [2.05, 4.69) is 6.58 Å². The van der Waals surface area contributed by atoms with Crippen molar-refractivity contribution in [2.75, 3.05) is 6.54 Å². The molecule has 3 nitrogen and oxygen atoms in total. The van der Waals surface area contributed by atoms with Crippen molar-refractivity contribution in [3.05, 3.63) is 12.7 Å². The molecule has 0 spiro atoms. The summed E-state index contributed by atoms with van der Waals surface area (Å²) < 4.78 is 0. The zero-order chi connectivity index (χ0) is 11.6. The first-order chi connectivity index (χ1) is 6.94. The number of hydrogen-bond acceptors (Lipinski definition) is 2. The van der Waals surface area contributed by atoms with E-state index in [9.17, 15) is 9.59 Å². The molecule has 1 amide bonds. The molecule has 1 saturated carbocycles. The largest absolute Gasteiger partial charge is 0.326 e. The van der Waals surface area contributed by atoms with Crippen molar-refractivity contribution < 1.29 is 9.59 Å². The van der Waals surface area contributed by atoms with E-state index >= 15 is 0 Å². The summed E-state index contributed by atoms with van der Waals surface area (Å²) in [6.07, 6.45) is 2.90. The Labute approximate surface area is 91.1 Å². The summed E-state index contributed by atoms with van der Waals surface area (Å²) >= 11 is 0. The summed E-state index contributed by atoms with van der Waals surface area (Å²) in [5, 5.41) is 0. The van der Waals surface area contributed by atoms with Gasteiger partial charge < -0.3 is 4.90 Å². The predicted molar refractivity (Wildman–Crippen MR) is 59.4 cm³/mol. The van der Waals surface area contributed by atoms with Gasteiger partial charge in [-0.25, -0.2) is 0 Å². The average Bonchev–Trinajstić information content (AvgIpc) is 2.93. The maximum absolute atomic E-state index is 11.7. The number of rotatable bonds is 5. The third-order valence-electron chi connectivity index (χ3n) is 2.88. The van der Waals surface area contributed by atoms with Gasteiger partial charge in [0.05, 0.1) is 0 Å². The van der Waals surface area contributed by atoms with E-state index in [0.29, 0.717) is 12.5 Å². The summed E-state index contributed by atoms with van der Waals surface area (Å²) in [4.78, 5) is 24.9. The molecule has 0 heterocycles. The lowest BCUT2D eigenvalue weighted by molar-refractivity contribution is -0.137. The second-order valence-corrected chi connectivity index (χ2v) is 4.63. The van der Waals surface area contributed by atoms with Gasteiger partial charge in [-0.15, -0.1) is 0 Å². The van der Waals surface area contributed by atoms with Crippen LogP contribution in [0, 0.1) is 5.92 Å². The van der Waals surface area contributed by atoms with Gasteiger partial charge in [0, 0.05) is 6.54 Å². The fourth-order valence-electron chi connectivity index (χ4n) is 1.88. The Hall–Kier alpha value is -1.12. The summed E-state index contributed by atoms with van der Waals surface area (Å²) in [6.45, 7) is 9.76. The third-order valence-corrected chi connectivity index (χ3v) is 2.88. The highest BCUT2D eigenvalue weighted by atomic mass is 16.2. The van der Waals surface area contributed by atoms with Gasteiger partial charge in [0.2, 0.25) is 5.91 Å². The molecule has 1 rings (SSSR count).